The van der Waals surface area contributed by atoms with Crippen LogP contribution in [-0.4, -0.2) is 0 Å². The molecule has 52 heavy (non-hydrogen) atoms. The summed E-state index contributed by atoms with van der Waals surface area (Å²) in [5.41, 5.74) is 16.3. The topological polar surface area (TPSA) is 12.0 Å². The van der Waals surface area contributed by atoms with Crippen LogP contribution in [-0.2, 0) is 6.42 Å². The molecule has 5 aromatic rings. The molecule has 0 amide bonds. The molecule has 0 radical (unpaired) electrons. The van der Waals surface area contributed by atoms with Crippen LogP contribution in [0.4, 0.5) is 11.4 Å². The van der Waals surface area contributed by atoms with Crippen molar-refractivity contribution in [1.82, 2.24) is 0 Å². The first-order chi connectivity index (χ1) is 25.2. The van der Waals surface area contributed by atoms with Crippen molar-refractivity contribution in [3.63, 3.8) is 0 Å². The van der Waals surface area contributed by atoms with Crippen LogP contribution < -0.4 is 5.32 Å². The lowest BCUT2D eigenvalue weighted by molar-refractivity contribution is 0.506. The van der Waals surface area contributed by atoms with E-state index >= 15 is 0 Å². The van der Waals surface area contributed by atoms with Crippen LogP contribution in [0.2, 0.25) is 0 Å². The number of nitrogens with one attached hydrogen (secondary N) is 1. The van der Waals surface area contributed by atoms with Crippen LogP contribution in [0, 0.1) is 11.3 Å². The standard InChI is InChI=1S/C49H51N.C2H6/c1-7-14-40-17-12-13-18-47(40)48-34-41(29-30-49(48,5)6)38-21-25-45(26-22-38)50-46-27-23-39(24-28-46)44-32-42(36(8-2)20-19-35(3)4)31-43(33-44)37-15-10-9-11-16-37;1-2/h8-13,15-18,20-29,31-35,50H,2,7,14,19,30H2,1,3-6H3;1-2H3/b36-20+;. The Hall–Kier alpha value is -5.14. The first kappa shape index (κ1) is 38.1. The fraction of sp³-hybridized carbons (Fsp3) is 0.255. The summed E-state index contributed by atoms with van der Waals surface area (Å²) in [6, 6.07) is 44.1. The molecule has 0 atom stereocenters. The Morgan fingerprint density at radius 3 is 1.90 bits per heavy atom. The van der Waals surface area contributed by atoms with Crippen molar-refractivity contribution in [2.75, 3.05) is 5.32 Å². The van der Waals surface area contributed by atoms with E-state index in [2.05, 4.69) is 186 Å². The van der Waals surface area contributed by atoms with Gasteiger partial charge in [0.1, 0.15) is 0 Å². The third-order valence-corrected chi connectivity index (χ3v) is 9.82. The summed E-state index contributed by atoms with van der Waals surface area (Å²) in [5.74, 6) is 0.595. The highest BCUT2D eigenvalue weighted by atomic mass is 14.9. The van der Waals surface area contributed by atoms with Gasteiger partial charge in [-0.2, -0.15) is 0 Å². The molecule has 0 fully saturated rings. The van der Waals surface area contributed by atoms with Crippen molar-refractivity contribution in [3.05, 3.63) is 174 Å². The molecule has 0 spiro atoms. The van der Waals surface area contributed by atoms with Gasteiger partial charge in [0.05, 0.1) is 0 Å². The van der Waals surface area contributed by atoms with Crippen LogP contribution in [0.25, 0.3) is 39.0 Å². The van der Waals surface area contributed by atoms with Crippen molar-refractivity contribution < 1.29 is 0 Å². The van der Waals surface area contributed by atoms with Gasteiger partial charge in [-0.05, 0) is 134 Å². The van der Waals surface area contributed by atoms with Crippen molar-refractivity contribution in [2.45, 2.75) is 74.1 Å². The molecule has 0 saturated carbocycles. The summed E-state index contributed by atoms with van der Waals surface area (Å²) >= 11 is 0. The number of aryl methyl sites for hydroxylation is 1. The van der Waals surface area contributed by atoms with Crippen molar-refractivity contribution >= 4 is 28.1 Å². The molecule has 5 aromatic carbocycles. The summed E-state index contributed by atoms with van der Waals surface area (Å²) in [6.07, 6.45) is 13.4. The van der Waals surface area contributed by atoms with E-state index in [1.54, 1.807) is 0 Å². The predicted octanol–water partition coefficient (Wildman–Crippen LogP) is 15.3. The van der Waals surface area contributed by atoms with Gasteiger partial charge in [0.15, 0.2) is 0 Å². The highest BCUT2D eigenvalue weighted by molar-refractivity contribution is 5.89. The van der Waals surface area contributed by atoms with Crippen LogP contribution in [0.5, 0.6) is 0 Å². The van der Waals surface area contributed by atoms with Gasteiger partial charge in [-0.3, -0.25) is 0 Å². The zero-order valence-electron chi connectivity index (χ0n) is 32.5. The molecule has 1 heteroatoms. The lowest BCUT2D eigenvalue weighted by Crippen LogP contribution is -2.17. The second-order valence-corrected chi connectivity index (χ2v) is 14.7. The van der Waals surface area contributed by atoms with Crippen LogP contribution >= 0.6 is 0 Å². The van der Waals surface area contributed by atoms with E-state index in [-0.39, 0.29) is 5.41 Å². The normalized spacial score (nSPS) is 13.8. The van der Waals surface area contributed by atoms with E-state index in [1.165, 1.54) is 61.2 Å². The minimum absolute atomic E-state index is 0.101. The van der Waals surface area contributed by atoms with Gasteiger partial charge >= 0.3 is 0 Å². The zero-order valence-corrected chi connectivity index (χ0v) is 32.5. The molecular weight excluding hydrogens is 627 g/mol. The molecule has 6 rings (SSSR count). The van der Waals surface area contributed by atoms with E-state index in [0.29, 0.717) is 5.92 Å². The second kappa shape index (κ2) is 17.9. The molecule has 0 aliphatic heterocycles. The van der Waals surface area contributed by atoms with E-state index < -0.39 is 0 Å². The second-order valence-electron chi connectivity index (χ2n) is 14.7. The average Bonchev–Trinajstić information content (AvgIpc) is 3.17. The SMILES string of the molecule is C=C/C(=C\CC(C)C)c1cc(-c2ccccc2)cc(-c2ccc(Nc3ccc(C4=CCC(C)(C)C(c5ccccc5CCC)=C4)cc3)cc2)c1.CC. The molecule has 0 saturated heterocycles. The minimum Gasteiger partial charge on any atom is -0.356 e. The smallest absolute Gasteiger partial charge is 0.0384 e. The van der Waals surface area contributed by atoms with Gasteiger partial charge in [-0.1, -0.05) is 165 Å². The Labute approximate surface area is 314 Å². The molecule has 1 nitrogen and oxygen atoms in total. The number of rotatable bonds is 12. The third-order valence-electron chi connectivity index (χ3n) is 9.82. The molecule has 266 valence electrons. The molecule has 0 aromatic heterocycles. The fourth-order valence-corrected chi connectivity index (χ4v) is 6.90. The lowest BCUT2D eigenvalue weighted by Gasteiger charge is -2.32. The summed E-state index contributed by atoms with van der Waals surface area (Å²) in [6.45, 7) is 19.7. The number of hydrogen-bond acceptors (Lipinski definition) is 1. The largest absolute Gasteiger partial charge is 0.356 e. The van der Waals surface area contributed by atoms with Gasteiger partial charge in [0, 0.05) is 11.4 Å². The fourth-order valence-electron chi connectivity index (χ4n) is 6.90. The first-order valence-electron chi connectivity index (χ1n) is 19.3. The Morgan fingerprint density at radius 1 is 0.731 bits per heavy atom. The van der Waals surface area contributed by atoms with E-state index in [4.69, 9.17) is 0 Å². The summed E-state index contributed by atoms with van der Waals surface area (Å²) in [5, 5.41) is 3.63. The van der Waals surface area contributed by atoms with Gasteiger partial charge in [-0.25, -0.2) is 0 Å². The molecular formula is C51H57N. The highest BCUT2D eigenvalue weighted by Gasteiger charge is 2.28. The Kier molecular flexibility index (Phi) is 13.1. The Balaban J connectivity index is 0.00000257. The van der Waals surface area contributed by atoms with E-state index in [1.807, 2.05) is 19.9 Å². The van der Waals surface area contributed by atoms with E-state index in [0.717, 1.165) is 37.1 Å². The van der Waals surface area contributed by atoms with Gasteiger partial charge in [-0.15, -0.1) is 0 Å². The minimum atomic E-state index is 0.101. The molecule has 1 aliphatic rings. The molecule has 0 unspecified atom stereocenters. The van der Waals surface area contributed by atoms with Crippen molar-refractivity contribution in [2.24, 2.45) is 11.3 Å². The summed E-state index contributed by atoms with van der Waals surface area (Å²) in [4.78, 5) is 0. The highest BCUT2D eigenvalue weighted by Crippen LogP contribution is 2.45. The number of allylic oxidation sites excluding steroid dienone is 7. The lowest BCUT2D eigenvalue weighted by atomic mass is 9.72. The maximum Gasteiger partial charge on any atom is 0.0384 e. The number of hydrogen-bond donors (Lipinski definition) is 1. The quantitative estimate of drug-likeness (QED) is 0.129. The molecule has 1 aliphatic carbocycles. The maximum absolute atomic E-state index is 4.15. The molecule has 0 heterocycles. The number of anilines is 2. The van der Waals surface area contributed by atoms with Crippen LogP contribution in [0.1, 0.15) is 90.0 Å². The van der Waals surface area contributed by atoms with Crippen LogP contribution in [0.15, 0.2) is 152 Å². The summed E-state index contributed by atoms with van der Waals surface area (Å²) in [7, 11) is 0. The van der Waals surface area contributed by atoms with E-state index in [9.17, 15) is 0 Å². The van der Waals surface area contributed by atoms with Crippen LogP contribution in [0.3, 0.4) is 0 Å². The maximum atomic E-state index is 4.15. The Morgan fingerprint density at radius 2 is 1.31 bits per heavy atom. The number of benzene rings is 5. The van der Waals surface area contributed by atoms with Crippen molar-refractivity contribution in [3.8, 4) is 22.3 Å². The van der Waals surface area contributed by atoms with Gasteiger partial charge in [0.25, 0.3) is 0 Å². The predicted molar refractivity (Wildman–Crippen MR) is 231 cm³/mol. The van der Waals surface area contributed by atoms with Gasteiger partial charge < -0.3 is 5.32 Å². The zero-order chi connectivity index (χ0) is 37.1. The average molecular weight is 684 g/mol. The third kappa shape index (κ3) is 9.39. The molecule has 0 bridgehead atoms. The summed E-state index contributed by atoms with van der Waals surface area (Å²) < 4.78 is 0. The molecule has 1 N–H and O–H groups in total. The monoisotopic (exact) mass is 683 g/mol. The van der Waals surface area contributed by atoms with Gasteiger partial charge in [0.2, 0.25) is 0 Å². The first-order valence-corrected chi connectivity index (χ1v) is 19.3. The Bertz CT molecular complexity index is 2020. The van der Waals surface area contributed by atoms with Crippen molar-refractivity contribution in [1.29, 1.82) is 0 Å².